The molecule has 1 aromatic carbocycles. The average Bonchev–Trinajstić information content (AvgIpc) is 2.95. The molecule has 0 saturated heterocycles. The second-order valence-electron chi connectivity index (χ2n) is 3.75. The number of hydrogen-bond acceptors (Lipinski definition) is 4. The van der Waals surface area contributed by atoms with Crippen molar-refractivity contribution < 1.29 is 25.5 Å². The molecule has 18 heavy (non-hydrogen) atoms. The van der Waals surface area contributed by atoms with Gasteiger partial charge in [0, 0.05) is 5.56 Å². The number of hydrogen-bond donors (Lipinski definition) is 0. The van der Waals surface area contributed by atoms with E-state index in [1.54, 1.807) is 0 Å². The summed E-state index contributed by atoms with van der Waals surface area (Å²) in [7, 11) is -4.71. The van der Waals surface area contributed by atoms with Gasteiger partial charge in [0.1, 0.15) is 5.75 Å². The van der Waals surface area contributed by atoms with Crippen molar-refractivity contribution in [3.63, 3.8) is 0 Å². The molecule has 4 nitrogen and oxygen atoms in total. The Morgan fingerprint density at radius 1 is 1.11 bits per heavy atom. The number of benzene rings is 1. The summed E-state index contributed by atoms with van der Waals surface area (Å²) in [6.45, 7) is 0. The van der Waals surface area contributed by atoms with E-state index in [2.05, 4.69) is 10.2 Å². The van der Waals surface area contributed by atoms with E-state index < -0.39 is 27.8 Å². The van der Waals surface area contributed by atoms with Crippen LogP contribution in [0.2, 0.25) is 0 Å². The number of alkyl halides is 3. The fraction of sp³-hybridized carbons (Fsp3) is 0.333. The van der Waals surface area contributed by atoms with E-state index in [9.17, 15) is 25.5 Å². The minimum atomic E-state index is -4.71. The standard InChI is InChI=1S/C9H6F4N2O2S/c10-9(11,12)8(14-15-8)7-3-1-6(2-4-7)5-18(13,16)17/h1-4H,5H2. The Labute approximate surface area is 99.6 Å². The zero-order chi connectivity index (χ0) is 13.6. The summed E-state index contributed by atoms with van der Waals surface area (Å²) in [6.07, 6.45) is -4.64. The summed E-state index contributed by atoms with van der Waals surface area (Å²) >= 11 is 0. The van der Waals surface area contributed by atoms with Crippen molar-refractivity contribution in [2.45, 2.75) is 17.6 Å². The molecule has 0 fully saturated rings. The first kappa shape index (κ1) is 12.9. The van der Waals surface area contributed by atoms with Crippen LogP contribution in [0.15, 0.2) is 34.5 Å². The fourth-order valence-electron chi connectivity index (χ4n) is 1.47. The molecule has 0 atom stereocenters. The molecule has 98 valence electrons. The van der Waals surface area contributed by atoms with Crippen LogP contribution in [0.25, 0.3) is 0 Å². The van der Waals surface area contributed by atoms with E-state index in [-0.39, 0.29) is 11.1 Å². The third kappa shape index (κ3) is 2.35. The van der Waals surface area contributed by atoms with Gasteiger partial charge < -0.3 is 0 Å². The Hall–Kier alpha value is -1.51. The lowest BCUT2D eigenvalue weighted by Crippen LogP contribution is -2.30. The van der Waals surface area contributed by atoms with Crippen molar-refractivity contribution >= 4 is 10.2 Å². The predicted octanol–water partition coefficient (Wildman–Crippen LogP) is 2.67. The second-order valence-corrected chi connectivity index (χ2v) is 5.12. The molecule has 0 amide bonds. The Bertz CT molecular complexity index is 586. The van der Waals surface area contributed by atoms with Crippen molar-refractivity contribution in [2.24, 2.45) is 10.2 Å². The van der Waals surface area contributed by atoms with Crippen LogP contribution in [0.4, 0.5) is 17.1 Å². The van der Waals surface area contributed by atoms with Crippen molar-refractivity contribution in [1.29, 1.82) is 0 Å². The van der Waals surface area contributed by atoms with Gasteiger partial charge in [-0.15, -0.1) is 14.1 Å². The van der Waals surface area contributed by atoms with Gasteiger partial charge >= 0.3 is 22.1 Å². The van der Waals surface area contributed by atoms with Gasteiger partial charge in [0.25, 0.3) is 0 Å². The monoisotopic (exact) mass is 282 g/mol. The predicted molar refractivity (Wildman–Crippen MR) is 52.8 cm³/mol. The molecule has 1 aliphatic heterocycles. The maximum Gasteiger partial charge on any atom is 0.442 e. The van der Waals surface area contributed by atoms with Crippen molar-refractivity contribution in [3.8, 4) is 0 Å². The van der Waals surface area contributed by atoms with Gasteiger partial charge in [-0.2, -0.15) is 21.6 Å². The maximum absolute atomic E-state index is 12.6. The van der Waals surface area contributed by atoms with Crippen LogP contribution in [0, 0.1) is 0 Å². The summed E-state index contributed by atoms with van der Waals surface area (Å²) in [6, 6.07) is 4.27. The highest BCUT2D eigenvalue weighted by Gasteiger charge is 2.65. The lowest BCUT2D eigenvalue weighted by atomic mass is 10.0. The summed E-state index contributed by atoms with van der Waals surface area (Å²) in [4.78, 5) is 0. The molecule has 0 saturated carbocycles. The summed E-state index contributed by atoms with van der Waals surface area (Å²) in [5.41, 5.74) is -2.71. The van der Waals surface area contributed by atoms with Gasteiger partial charge in [0.2, 0.25) is 0 Å². The van der Waals surface area contributed by atoms with Gasteiger partial charge in [-0.25, -0.2) is 0 Å². The Morgan fingerprint density at radius 2 is 1.61 bits per heavy atom. The first-order valence-electron chi connectivity index (χ1n) is 4.67. The summed E-state index contributed by atoms with van der Waals surface area (Å²) in [5, 5.41) is 5.97. The van der Waals surface area contributed by atoms with Crippen LogP contribution in [0.5, 0.6) is 0 Å². The smallest absolute Gasteiger partial charge is 0.194 e. The van der Waals surface area contributed by atoms with Crippen LogP contribution >= 0.6 is 0 Å². The van der Waals surface area contributed by atoms with Gasteiger partial charge in [-0.1, -0.05) is 24.3 Å². The highest BCUT2D eigenvalue weighted by atomic mass is 32.3. The SMILES string of the molecule is O=S(=O)(F)Cc1ccc(C2(C(F)(F)F)N=N2)cc1. The van der Waals surface area contributed by atoms with Crippen LogP contribution < -0.4 is 0 Å². The third-order valence-electron chi connectivity index (χ3n) is 2.39. The van der Waals surface area contributed by atoms with E-state index in [1.807, 2.05) is 0 Å². The zero-order valence-electron chi connectivity index (χ0n) is 8.65. The molecule has 0 aliphatic carbocycles. The molecule has 0 N–H and O–H groups in total. The normalized spacial score (nSPS) is 17.8. The van der Waals surface area contributed by atoms with Crippen molar-refractivity contribution in [2.75, 3.05) is 0 Å². The first-order valence-corrected chi connectivity index (χ1v) is 6.22. The van der Waals surface area contributed by atoms with E-state index in [0.717, 1.165) is 24.3 Å². The van der Waals surface area contributed by atoms with Gasteiger partial charge in [-0.05, 0) is 5.56 Å². The minimum absolute atomic E-state index is 0.0548. The lowest BCUT2D eigenvalue weighted by molar-refractivity contribution is -0.166. The van der Waals surface area contributed by atoms with Crippen molar-refractivity contribution in [3.05, 3.63) is 35.4 Å². The molecule has 1 aliphatic rings. The molecule has 1 aromatic rings. The molecule has 0 radical (unpaired) electrons. The zero-order valence-corrected chi connectivity index (χ0v) is 9.46. The number of halogens is 4. The lowest BCUT2D eigenvalue weighted by Gasteiger charge is -2.14. The molecular formula is C9H6F4N2O2S. The molecule has 1 heterocycles. The summed E-state index contributed by atoms with van der Waals surface area (Å²) in [5.74, 6) is -0.874. The van der Waals surface area contributed by atoms with E-state index >= 15 is 0 Å². The molecule has 2 rings (SSSR count). The Morgan fingerprint density at radius 3 is 1.94 bits per heavy atom. The van der Waals surface area contributed by atoms with Crippen LogP contribution in [-0.2, 0) is 21.6 Å². The highest BCUT2D eigenvalue weighted by molar-refractivity contribution is 7.85. The maximum atomic E-state index is 12.6. The van der Waals surface area contributed by atoms with E-state index in [0.29, 0.717) is 0 Å². The third-order valence-corrected chi connectivity index (χ3v) is 3.07. The molecule has 0 unspecified atom stereocenters. The minimum Gasteiger partial charge on any atom is -0.194 e. The molecule has 0 aromatic heterocycles. The molecule has 0 bridgehead atoms. The van der Waals surface area contributed by atoms with E-state index in [4.69, 9.17) is 0 Å². The van der Waals surface area contributed by atoms with Gasteiger partial charge in [0.05, 0.1) is 0 Å². The Balaban J connectivity index is 2.24. The second kappa shape index (κ2) is 3.74. The molecule has 0 spiro atoms. The first-order chi connectivity index (χ1) is 8.14. The topological polar surface area (TPSA) is 58.9 Å². The quantitative estimate of drug-likeness (QED) is 0.632. The van der Waals surface area contributed by atoms with E-state index in [1.165, 1.54) is 0 Å². The molecule has 9 heteroatoms. The highest BCUT2D eigenvalue weighted by Crippen LogP contribution is 2.52. The van der Waals surface area contributed by atoms with Crippen molar-refractivity contribution in [1.82, 2.24) is 0 Å². The van der Waals surface area contributed by atoms with Gasteiger partial charge in [0.15, 0.2) is 0 Å². The van der Waals surface area contributed by atoms with Crippen LogP contribution in [0.1, 0.15) is 11.1 Å². The fourth-order valence-corrected chi connectivity index (χ4v) is 2.07. The van der Waals surface area contributed by atoms with Crippen LogP contribution in [-0.4, -0.2) is 14.6 Å². The largest absolute Gasteiger partial charge is 0.442 e. The molecular weight excluding hydrogens is 276 g/mol. The number of nitrogens with zero attached hydrogens (tertiary/aromatic N) is 2. The van der Waals surface area contributed by atoms with Crippen LogP contribution in [0.3, 0.4) is 0 Å². The average molecular weight is 282 g/mol. The number of rotatable bonds is 3. The Kier molecular flexibility index (Phi) is 2.69. The summed E-state index contributed by atoms with van der Waals surface area (Å²) < 4.78 is 70.9. The van der Waals surface area contributed by atoms with Gasteiger partial charge in [-0.3, -0.25) is 0 Å².